The Balaban J connectivity index is 0.000000500. The second-order valence-electron chi connectivity index (χ2n) is 3.01. The van der Waals surface area contributed by atoms with Gasteiger partial charge in [-0.15, -0.1) is 12.4 Å². The van der Waals surface area contributed by atoms with Gasteiger partial charge in [0.25, 0.3) is 0 Å². The average molecular weight is 163 g/mol. The van der Waals surface area contributed by atoms with E-state index in [-0.39, 0.29) is 18.3 Å². The molecule has 10 heavy (non-hydrogen) atoms. The molecule has 0 radical (unpaired) electrons. The number of piperidine rings is 1. The smallest absolute Gasteiger partial charge is 0.426 e. The van der Waals surface area contributed by atoms with E-state index in [2.05, 4.69) is 5.32 Å². The van der Waals surface area contributed by atoms with Crippen molar-refractivity contribution in [2.24, 2.45) is 11.8 Å². The number of rotatable bonds is 1. The largest absolute Gasteiger partial charge is 0.469 e. The predicted molar refractivity (Wildman–Crippen MR) is 40.8 cm³/mol. The molecule has 3 nitrogen and oxygen atoms in total. The van der Waals surface area contributed by atoms with Crippen LogP contribution in [0.3, 0.4) is 0 Å². The summed E-state index contributed by atoms with van der Waals surface area (Å²) in [4.78, 5) is 0. The van der Waals surface area contributed by atoms with Gasteiger partial charge in [0.15, 0.2) is 0 Å². The summed E-state index contributed by atoms with van der Waals surface area (Å²) in [5.41, 5.74) is 0. The summed E-state index contributed by atoms with van der Waals surface area (Å²) in [6, 6.07) is 0. The Labute approximate surface area is 66.4 Å². The molecule has 5 heteroatoms. The third kappa shape index (κ3) is 1.17. The molecule has 0 spiro atoms. The lowest BCUT2D eigenvalue weighted by atomic mass is 9.77. The molecule has 1 aliphatic heterocycles. The van der Waals surface area contributed by atoms with Crippen molar-refractivity contribution in [3.8, 4) is 0 Å². The standard InChI is InChI=1S/C5H10BNO2.ClH/c8-6(9)5-4-1-3(4)2-7-5;/h3-5,7-9H,1-2H2;1H. The van der Waals surface area contributed by atoms with Crippen LogP contribution in [0.5, 0.6) is 0 Å². The van der Waals surface area contributed by atoms with E-state index in [1.165, 1.54) is 6.42 Å². The van der Waals surface area contributed by atoms with Crippen LogP contribution in [0.1, 0.15) is 6.42 Å². The van der Waals surface area contributed by atoms with Crippen LogP contribution in [-0.2, 0) is 0 Å². The summed E-state index contributed by atoms with van der Waals surface area (Å²) >= 11 is 0. The molecule has 0 aromatic heterocycles. The number of nitrogens with one attached hydrogen (secondary N) is 1. The number of hydrogen-bond donors (Lipinski definition) is 3. The molecule has 58 valence electrons. The molecule has 0 aromatic carbocycles. The zero-order valence-corrected chi connectivity index (χ0v) is 6.34. The van der Waals surface area contributed by atoms with Gasteiger partial charge in [-0.2, -0.15) is 0 Å². The first kappa shape index (κ1) is 8.33. The van der Waals surface area contributed by atoms with E-state index in [0.29, 0.717) is 5.92 Å². The fourth-order valence-corrected chi connectivity index (χ4v) is 1.71. The van der Waals surface area contributed by atoms with Gasteiger partial charge in [-0.1, -0.05) is 0 Å². The molecule has 0 bridgehead atoms. The van der Waals surface area contributed by atoms with E-state index < -0.39 is 7.12 Å². The highest BCUT2D eigenvalue weighted by atomic mass is 35.5. The molecule has 2 aliphatic rings. The van der Waals surface area contributed by atoms with Crippen molar-refractivity contribution in [2.45, 2.75) is 12.4 Å². The molecule has 0 aromatic rings. The van der Waals surface area contributed by atoms with Gasteiger partial charge in [-0.05, 0) is 24.8 Å². The summed E-state index contributed by atoms with van der Waals surface area (Å²) < 4.78 is 0. The molecule has 1 saturated carbocycles. The normalized spacial score (nSPS) is 42.0. The van der Waals surface area contributed by atoms with E-state index in [1.807, 2.05) is 0 Å². The maximum atomic E-state index is 8.74. The molecule has 0 amide bonds. The van der Waals surface area contributed by atoms with Crippen molar-refractivity contribution in [3.63, 3.8) is 0 Å². The van der Waals surface area contributed by atoms with Crippen LogP contribution in [0.15, 0.2) is 0 Å². The number of fused-ring (bicyclic) bond motifs is 1. The molecular weight excluding hydrogens is 152 g/mol. The predicted octanol–water partition coefficient (Wildman–Crippen LogP) is -0.972. The zero-order chi connectivity index (χ0) is 6.43. The lowest BCUT2D eigenvalue weighted by Crippen LogP contribution is -2.41. The molecule has 3 N–H and O–H groups in total. The van der Waals surface area contributed by atoms with Crippen LogP contribution >= 0.6 is 12.4 Å². The van der Waals surface area contributed by atoms with Gasteiger partial charge in [0, 0.05) is 5.94 Å². The topological polar surface area (TPSA) is 52.5 Å². The Kier molecular flexibility index (Phi) is 2.25. The summed E-state index contributed by atoms with van der Waals surface area (Å²) in [5, 5.41) is 20.5. The summed E-state index contributed by atoms with van der Waals surface area (Å²) in [5.74, 6) is 1.27. The van der Waals surface area contributed by atoms with Gasteiger partial charge in [-0.25, -0.2) is 0 Å². The van der Waals surface area contributed by atoms with Crippen molar-refractivity contribution < 1.29 is 10.0 Å². The van der Waals surface area contributed by atoms with E-state index >= 15 is 0 Å². The second kappa shape index (κ2) is 2.70. The Hall–Kier alpha value is 0.235. The van der Waals surface area contributed by atoms with Crippen molar-refractivity contribution in [1.82, 2.24) is 5.32 Å². The molecule has 1 saturated heterocycles. The number of hydrogen-bond acceptors (Lipinski definition) is 3. The lowest BCUT2D eigenvalue weighted by Gasteiger charge is -2.09. The highest BCUT2D eigenvalue weighted by Gasteiger charge is 2.51. The van der Waals surface area contributed by atoms with E-state index in [0.717, 1.165) is 12.5 Å². The van der Waals surface area contributed by atoms with Crippen molar-refractivity contribution in [1.29, 1.82) is 0 Å². The maximum absolute atomic E-state index is 8.74. The first-order valence-electron chi connectivity index (χ1n) is 3.38. The highest BCUT2D eigenvalue weighted by molar-refractivity contribution is 6.43. The van der Waals surface area contributed by atoms with Crippen molar-refractivity contribution >= 4 is 19.5 Å². The van der Waals surface area contributed by atoms with Crippen LogP contribution in [-0.4, -0.2) is 29.7 Å². The molecule has 3 atom stereocenters. The van der Waals surface area contributed by atoms with E-state index in [4.69, 9.17) is 10.0 Å². The second-order valence-corrected chi connectivity index (χ2v) is 3.01. The Bertz CT molecular complexity index is 135. The zero-order valence-electron chi connectivity index (χ0n) is 5.53. The minimum absolute atomic E-state index is 0. The Morgan fingerprint density at radius 1 is 1.40 bits per heavy atom. The van der Waals surface area contributed by atoms with Crippen LogP contribution in [0, 0.1) is 11.8 Å². The minimum atomic E-state index is -1.15. The van der Waals surface area contributed by atoms with Gasteiger partial charge >= 0.3 is 7.12 Å². The van der Waals surface area contributed by atoms with Gasteiger partial charge in [0.2, 0.25) is 0 Å². The SMILES string of the molecule is Cl.OB(O)C1NCC2CC21. The maximum Gasteiger partial charge on any atom is 0.469 e. The van der Waals surface area contributed by atoms with Gasteiger partial charge < -0.3 is 15.4 Å². The van der Waals surface area contributed by atoms with Crippen molar-refractivity contribution in [2.75, 3.05) is 6.54 Å². The first-order valence-corrected chi connectivity index (χ1v) is 3.38. The average Bonchev–Trinajstić information content (AvgIpc) is 2.43. The van der Waals surface area contributed by atoms with E-state index in [1.54, 1.807) is 0 Å². The molecule has 1 heterocycles. The summed E-state index contributed by atoms with van der Waals surface area (Å²) in [6.45, 7) is 0.979. The van der Waals surface area contributed by atoms with Crippen LogP contribution in [0.25, 0.3) is 0 Å². The molecule has 1 aliphatic carbocycles. The summed E-state index contributed by atoms with van der Waals surface area (Å²) in [6.07, 6.45) is 1.19. The van der Waals surface area contributed by atoms with Gasteiger partial charge in [0.05, 0.1) is 0 Å². The van der Waals surface area contributed by atoms with E-state index in [9.17, 15) is 0 Å². The molecular formula is C5H11BClNO2. The van der Waals surface area contributed by atoms with Gasteiger partial charge in [-0.3, -0.25) is 0 Å². The van der Waals surface area contributed by atoms with Gasteiger partial charge in [0.1, 0.15) is 0 Å². The molecule has 3 unspecified atom stereocenters. The van der Waals surface area contributed by atoms with Crippen LogP contribution in [0.4, 0.5) is 0 Å². The Morgan fingerprint density at radius 3 is 2.30 bits per heavy atom. The number of halogens is 1. The highest BCUT2D eigenvalue weighted by Crippen LogP contribution is 2.45. The molecule has 2 fully saturated rings. The Morgan fingerprint density at radius 2 is 2.10 bits per heavy atom. The minimum Gasteiger partial charge on any atom is -0.426 e. The third-order valence-electron chi connectivity index (χ3n) is 2.38. The first-order chi connectivity index (χ1) is 4.29. The quantitative estimate of drug-likeness (QED) is 0.436. The van der Waals surface area contributed by atoms with Crippen LogP contribution < -0.4 is 5.32 Å². The van der Waals surface area contributed by atoms with Crippen molar-refractivity contribution in [3.05, 3.63) is 0 Å². The summed E-state index contributed by atoms with van der Waals surface area (Å²) in [7, 11) is -1.15. The fraction of sp³-hybridized carbons (Fsp3) is 1.00. The molecule has 2 rings (SSSR count). The fourth-order valence-electron chi connectivity index (χ4n) is 1.71. The third-order valence-corrected chi connectivity index (χ3v) is 2.38. The lowest BCUT2D eigenvalue weighted by molar-refractivity contribution is 0.370. The van der Waals surface area contributed by atoms with Crippen LogP contribution in [0.2, 0.25) is 0 Å². The monoisotopic (exact) mass is 163 g/mol.